The Kier molecular flexibility index (Phi) is 4.36. The van der Waals surface area contributed by atoms with E-state index in [1.54, 1.807) is 13.4 Å². The summed E-state index contributed by atoms with van der Waals surface area (Å²) in [7, 11) is 1.63. The molecule has 1 fully saturated rings. The highest BCUT2D eigenvalue weighted by molar-refractivity contribution is 5.88. The van der Waals surface area contributed by atoms with E-state index >= 15 is 0 Å². The van der Waals surface area contributed by atoms with Gasteiger partial charge >= 0.3 is 0 Å². The van der Waals surface area contributed by atoms with Gasteiger partial charge in [0.25, 0.3) is 0 Å². The summed E-state index contributed by atoms with van der Waals surface area (Å²) in [5.74, 6) is 1.41. The molecule has 0 saturated heterocycles. The van der Waals surface area contributed by atoms with E-state index in [4.69, 9.17) is 9.15 Å². The predicted molar refractivity (Wildman–Crippen MR) is 86.0 cm³/mol. The standard InChI is InChI=1S/C18H23NO3/c1-12-5-3-4-6-16(12)19-18(20)9-13-11-22-17-10-14(21-2)7-8-15(13)17/h7-8,10-12,16H,3-6,9H2,1-2H3,(H,19,20). The molecule has 4 nitrogen and oxygen atoms in total. The molecular formula is C18H23NO3. The Morgan fingerprint density at radius 1 is 1.36 bits per heavy atom. The average Bonchev–Trinajstić information content (AvgIpc) is 2.91. The van der Waals surface area contributed by atoms with Crippen LogP contribution in [0.1, 0.15) is 38.2 Å². The molecule has 2 atom stereocenters. The third-order valence-electron chi connectivity index (χ3n) is 4.67. The van der Waals surface area contributed by atoms with E-state index in [0.29, 0.717) is 18.4 Å². The first-order valence-electron chi connectivity index (χ1n) is 8.01. The second-order valence-corrected chi connectivity index (χ2v) is 6.24. The highest BCUT2D eigenvalue weighted by Gasteiger charge is 2.23. The third-order valence-corrected chi connectivity index (χ3v) is 4.67. The summed E-state index contributed by atoms with van der Waals surface area (Å²) >= 11 is 0. The lowest BCUT2D eigenvalue weighted by Crippen LogP contribution is -2.41. The van der Waals surface area contributed by atoms with Crippen LogP contribution < -0.4 is 10.1 Å². The van der Waals surface area contributed by atoms with E-state index < -0.39 is 0 Å². The highest BCUT2D eigenvalue weighted by Crippen LogP contribution is 2.27. The molecule has 0 spiro atoms. The molecule has 3 rings (SSSR count). The van der Waals surface area contributed by atoms with Crippen molar-refractivity contribution in [1.29, 1.82) is 0 Å². The molecule has 0 bridgehead atoms. The first-order valence-corrected chi connectivity index (χ1v) is 8.01. The van der Waals surface area contributed by atoms with Crippen LogP contribution in [0.4, 0.5) is 0 Å². The molecule has 4 heteroatoms. The Bertz CT molecular complexity index is 661. The number of rotatable bonds is 4. The van der Waals surface area contributed by atoms with Crippen molar-refractivity contribution in [2.24, 2.45) is 5.92 Å². The third kappa shape index (κ3) is 3.11. The van der Waals surface area contributed by atoms with Crippen LogP contribution in [0, 0.1) is 5.92 Å². The van der Waals surface area contributed by atoms with Crippen molar-refractivity contribution in [3.63, 3.8) is 0 Å². The Morgan fingerprint density at radius 2 is 2.18 bits per heavy atom. The molecule has 1 heterocycles. The fourth-order valence-corrected chi connectivity index (χ4v) is 3.29. The number of amides is 1. The molecular weight excluding hydrogens is 278 g/mol. The van der Waals surface area contributed by atoms with Crippen LogP contribution in [0.15, 0.2) is 28.9 Å². The van der Waals surface area contributed by atoms with Gasteiger partial charge in [-0.05, 0) is 30.9 Å². The number of hydrogen-bond donors (Lipinski definition) is 1. The summed E-state index contributed by atoms with van der Waals surface area (Å²) in [4.78, 5) is 12.3. The molecule has 0 radical (unpaired) electrons. The van der Waals surface area contributed by atoms with Crippen molar-refractivity contribution in [3.8, 4) is 5.75 Å². The molecule has 1 N–H and O–H groups in total. The molecule has 118 valence electrons. The summed E-state index contributed by atoms with van der Waals surface area (Å²) in [5, 5.41) is 4.17. The highest BCUT2D eigenvalue weighted by atomic mass is 16.5. The van der Waals surface area contributed by atoms with Crippen LogP contribution in [0.3, 0.4) is 0 Å². The second-order valence-electron chi connectivity index (χ2n) is 6.24. The van der Waals surface area contributed by atoms with Crippen molar-refractivity contribution in [1.82, 2.24) is 5.32 Å². The SMILES string of the molecule is COc1ccc2c(CC(=O)NC3CCCCC3C)coc2c1. The summed E-state index contributed by atoms with van der Waals surface area (Å²) in [6.45, 7) is 2.23. The number of furan rings is 1. The maximum absolute atomic E-state index is 12.3. The van der Waals surface area contributed by atoms with Crippen molar-refractivity contribution >= 4 is 16.9 Å². The van der Waals surface area contributed by atoms with Crippen molar-refractivity contribution in [3.05, 3.63) is 30.0 Å². The van der Waals surface area contributed by atoms with Crippen molar-refractivity contribution < 1.29 is 13.9 Å². The lowest BCUT2D eigenvalue weighted by molar-refractivity contribution is -0.121. The molecule has 1 aromatic heterocycles. The molecule has 0 aliphatic heterocycles. The van der Waals surface area contributed by atoms with Crippen molar-refractivity contribution in [2.75, 3.05) is 7.11 Å². The Morgan fingerprint density at radius 3 is 2.95 bits per heavy atom. The smallest absolute Gasteiger partial charge is 0.224 e. The largest absolute Gasteiger partial charge is 0.497 e. The zero-order valence-electron chi connectivity index (χ0n) is 13.2. The first-order chi connectivity index (χ1) is 10.7. The zero-order chi connectivity index (χ0) is 15.5. The summed E-state index contributed by atoms with van der Waals surface area (Å²) in [6.07, 6.45) is 6.83. The number of benzene rings is 1. The topological polar surface area (TPSA) is 51.5 Å². The number of carbonyl (C=O) groups is 1. The zero-order valence-corrected chi connectivity index (χ0v) is 13.2. The lowest BCUT2D eigenvalue weighted by Gasteiger charge is -2.29. The summed E-state index contributed by atoms with van der Waals surface area (Å²) in [6, 6.07) is 6.01. The summed E-state index contributed by atoms with van der Waals surface area (Å²) in [5.41, 5.74) is 1.69. The van der Waals surface area contributed by atoms with Crippen LogP contribution in [-0.4, -0.2) is 19.1 Å². The maximum Gasteiger partial charge on any atom is 0.224 e. The van der Waals surface area contributed by atoms with E-state index in [9.17, 15) is 4.79 Å². The van der Waals surface area contributed by atoms with Gasteiger partial charge in [0.1, 0.15) is 11.3 Å². The minimum absolute atomic E-state index is 0.0808. The van der Waals surface area contributed by atoms with E-state index in [1.165, 1.54) is 19.3 Å². The van der Waals surface area contributed by atoms with Gasteiger partial charge in [0.2, 0.25) is 5.91 Å². The van der Waals surface area contributed by atoms with Crippen LogP contribution in [0.5, 0.6) is 5.75 Å². The van der Waals surface area contributed by atoms with Gasteiger partial charge in [0.15, 0.2) is 0 Å². The molecule has 1 aromatic carbocycles. The van der Waals surface area contributed by atoms with Crippen molar-refractivity contribution in [2.45, 2.75) is 45.1 Å². The van der Waals surface area contributed by atoms with Gasteiger partial charge in [-0.1, -0.05) is 19.8 Å². The number of hydrogen-bond acceptors (Lipinski definition) is 3. The van der Waals surface area contributed by atoms with Crippen LogP contribution in [0.25, 0.3) is 11.0 Å². The first kappa shape index (κ1) is 14.9. The molecule has 1 saturated carbocycles. The number of methoxy groups -OCH3 is 1. The van der Waals surface area contributed by atoms with Gasteiger partial charge < -0.3 is 14.5 Å². The monoisotopic (exact) mass is 301 g/mol. The van der Waals surface area contributed by atoms with Gasteiger partial charge in [-0.15, -0.1) is 0 Å². The van der Waals surface area contributed by atoms with E-state index in [0.717, 1.165) is 28.7 Å². The second kappa shape index (κ2) is 6.42. The fraction of sp³-hybridized carbons (Fsp3) is 0.500. The van der Waals surface area contributed by atoms with Crippen LogP contribution in [0.2, 0.25) is 0 Å². The molecule has 1 amide bonds. The molecule has 22 heavy (non-hydrogen) atoms. The van der Waals surface area contributed by atoms with Gasteiger partial charge in [-0.3, -0.25) is 4.79 Å². The number of fused-ring (bicyclic) bond motifs is 1. The number of nitrogens with one attached hydrogen (secondary N) is 1. The van der Waals surface area contributed by atoms with Gasteiger partial charge in [0.05, 0.1) is 19.8 Å². The Hall–Kier alpha value is -1.97. The van der Waals surface area contributed by atoms with Gasteiger partial charge in [-0.2, -0.15) is 0 Å². The maximum atomic E-state index is 12.3. The minimum Gasteiger partial charge on any atom is -0.497 e. The average molecular weight is 301 g/mol. The van der Waals surface area contributed by atoms with E-state index in [2.05, 4.69) is 12.2 Å². The quantitative estimate of drug-likeness (QED) is 0.937. The summed E-state index contributed by atoms with van der Waals surface area (Å²) < 4.78 is 10.7. The Balaban J connectivity index is 1.68. The minimum atomic E-state index is 0.0808. The number of ether oxygens (including phenoxy) is 1. The molecule has 1 aliphatic carbocycles. The normalized spacial score (nSPS) is 21.7. The predicted octanol–water partition coefficient (Wildman–Crippen LogP) is 3.68. The van der Waals surface area contributed by atoms with E-state index in [-0.39, 0.29) is 5.91 Å². The van der Waals surface area contributed by atoms with Crippen LogP contribution >= 0.6 is 0 Å². The van der Waals surface area contributed by atoms with Gasteiger partial charge in [0, 0.05) is 23.1 Å². The number of carbonyl (C=O) groups excluding carboxylic acids is 1. The molecule has 2 unspecified atom stereocenters. The lowest BCUT2D eigenvalue weighted by atomic mass is 9.86. The molecule has 2 aromatic rings. The van der Waals surface area contributed by atoms with Gasteiger partial charge in [-0.25, -0.2) is 0 Å². The van der Waals surface area contributed by atoms with Crippen LogP contribution in [-0.2, 0) is 11.2 Å². The molecule has 1 aliphatic rings. The Labute approximate surface area is 130 Å². The van der Waals surface area contributed by atoms with E-state index in [1.807, 2.05) is 18.2 Å². The fourth-order valence-electron chi connectivity index (χ4n) is 3.29.